The van der Waals surface area contributed by atoms with Crippen LogP contribution in [0, 0.1) is 0 Å². The molecule has 0 N–H and O–H groups in total. The molecule has 0 aliphatic heterocycles. The van der Waals surface area contributed by atoms with Gasteiger partial charge in [0, 0.05) is 68.1 Å². The van der Waals surface area contributed by atoms with Crippen LogP contribution in [0.25, 0.3) is 201 Å². The van der Waals surface area contributed by atoms with Gasteiger partial charge in [0.1, 0.15) is 0 Å². The van der Waals surface area contributed by atoms with Crippen molar-refractivity contribution in [1.29, 1.82) is 0 Å². The zero-order chi connectivity index (χ0) is 74.5. The Morgan fingerprint density at radius 3 is 0.857 bits per heavy atom. The molecular formula is C104H68N8. The molecule has 20 aromatic rings. The monoisotopic (exact) mass is 1430 g/mol. The van der Waals surface area contributed by atoms with Gasteiger partial charge in [0.2, 0.25) is 0 Å². The van der Waals surface area contributed by atoms with E-state index in [2.05, 4.69) is 327 Å². The third kappa shape index (κ3) is 14.2. The molecule has 20 rings (SSSR count). The van der Waals surface area contributed by atoms with Gasteiger partial charge in [0.05, 0.1) is 5.52 Å². The molecule has 0 saturated heterocycles. The van der Waals surface area contributed by atoms with E-state index >= 15 is 0 Å². The average Bonchev–Trinajstić information content (AvgIpc) is 0.787. The van der Waals surface area contributed by atoms with E-state index in [1.54, 1.807) is 0 Å². The Morgan fingerprint density at radius 2 is 0.420 bits per heavy atom. The fraction of sp³-hybridized carbons (Fsp3) is 0. The first-order valence-corrected chi connectivity index (χ1v) is 37.6. The second-order valence-corrected chi connectivity index (χ2v) is 27.9. The van der Waals surface area contributed by atoms with Gasteiger partial charge < -0.3 is 0 Å². The van der Waals surface area contributed by atoms with Crippen molar-refractivity contribution in [1.82, 2.24) is 39.9 Å². The van der Waals surface area contributed by atoms with Crippen LogP contribution < -0.4 is 0 Å². The summed E-state index contributed by atoms with van der Waals surface area (Å²) in [6, 6.07) is 138. The SMILES string of the molecule is c1ccc(-c2ccc(-c3nc(-c4ccccc4)nc(-c4cccc(-c5ccc(-c6cccc(-c7ccc8c(c7)ncc7ccccc78)c6)cc5)c4)n3)cc2)cc1.c1ccc(-c2ccc(-c3nc(-c4ccccc4)nc(-c4cccc(-c5ccc(-c6cccc(-c7ccc8c(ccc9ccncc98)c7)c6)cc5)c4)n3)cc2)cc1. The molecule has 0 atom stereocenters. The third-order valence-electron chi connectivity index (χ3n) is 20.8. The molecule has 0 aliphatic carbocycles. The van der Waals surface area contributed by atoms with E-state index in [1.165, 1.54) is 60.1 Å². The number of nitrogens with zero attached hydrogens (tertiary/aromatic N) is 8. The van der Waals surface area contributed by atoms with Crippen LogP contribution >= 0.6 is 0 Å². The maximum absolute atomic E-state index is 5.03. The Morgan fingerprint density at radius 1 is 0.143 bits per heavy atom. The highest BCUT2D eigenvalue weighted by atomic mass is 15.0. The molecule has 4 aromatic heterocycles. The van der Waals surface area contributed by atoms with Gasteiger partial charge >= 0.3 is 0 Å². The van der Waals surface area contributed by atoms with Crippen molar-refractivity contribution in [3.05, 3.63) is 413 Å². The third-order valence-corrected chi connectivity index (χ3v) is 20.8. The molecule has 0 saturated carbocycles. The number of fused-ring (bicyclic) bond motifs is 6. The maximum Gasteiger partial charge on any atom is 0.164 e. The Balaban J connectivity index is 0.000000151. The summed E-state index contributed by atoms with van der Waals surface area (Å²) in [6.45, 7) is 0. The summed E-state index contributed by atoms with van der Waals surface area (Å²) in [6.07, 6.45) is 5.76. The van der Waals surface area contributed by atoms with Crippen molar-refractivity contribution in [2.75, 3.05) is 0 Å². The van der Waals surface area contributed by atoms with Crippen molar-refractivity contribution >= 4 is 43.2 Å². The zero-order valence-electron chi connectivity index (χ0n) is 60.8. The van der Waals surface area contributed by atoms with Crippen molar-refractivity contribution in [2.24, 2.45) is 0 Å². The molecule has 0 spiro atoms. The van der Waals surface area contributed by atoms with Crippen LogP contribution in [-0.4, -0.2) is 39.9 Å². The normalized spacial score (nSPS) is 11.2. The molecule has 0 fully saturated rings. The fourth-order valence-electron chi connectivity index (χ4n) is 14.8. The van der Waals surface area contributed by atoms with Gasteiger partial charge in [0.25, 0.3) is 0 Å². The van der Waals surface area contributed by atoms with E-state index in [4.69, 9.17) is 34.9 Å². The fourth-order valence-corrected chi connectivity index (χ4v) is 14.8. The summed E-state index contributed by atoms with van der Waals surface area (Å²) >= 11 is 0. The van der Waals surface area contributed by atoms with Gasteiger partial charge in [-0.3, -0.25) is 9.97 Å². The number of rotatable bonds is 14. The lowest BCUT2D eigenvalue weighted by molar-refractivity contribution is 1.07. The first kappa shape index (κ1) is 67.5. The molecule has 8 heteroatoms. The minimum atomic E-state index is 0.633. The van der Waals surface area contributed by atoms with Gasteiger partial charge in [-0.1, -0.05) is 352 Å². The average molecular weight is 1430 g/mol. The highest BCUT2D eigenvalue weighted by Crippen LogP contribution is 2.38. The minimum absolute atomic E-state index is 0.633. The predicted octanol–water partition coefficient (Wildman–Crippen LogP) is 26.5. The van der Waals surface area contributed by atoms with Crippen LogP contribution in [0.5, 0.6) is 0 Å². The molecule has 0 radical (unpaired) electrons. The molecule has 524 valence electrons. The summed E-state index contributed by atoms with van der Waals surface area (Å²) in [5, 5.41) is 8.36. The van der Waals surface area contributed by atoms with Crippen LogP contribution in [0.2, 0.25) is 0 Å². The Hall–Kier alpha value is -15.1. The minimum Gasteiger partial charge on any atom is -0.264 e. The topological polar surface area (TPSA) is 103 Å². The first-order chi connectivity index (χ1) is 55.4. The highest BCUT2D eigenvalue weighted by Gasteiger charge is 2.18. The Labute approximate surface area is 649 Å². The lowest BCUT2D eigenvalue weighted by atomic mass is 9.95. The van der Waals surface area contributed by atoms with E-state index in [0.29, 0.717) is 34.9 Å². The maximum atomic E-state index is 5.03. The largest absolute Gasteiger partial charge is 0.264 e. The van der Waals surface area contributed by atoms with Crippen molar-refractivity contribution in [3.8, 4) is 157 Å². The van der Waals surface area contributed by atoms with Gasteiger partial charge in [-0.25, -0.2) is 29.9 Å². The van der Waals surface area contributed by atoms with Crippen LogP contribution in [0.4, 0.5) is 0 Å². The molecule has 0 aliphatic rings. The van der Waals surface area contributed by atoms with Crippen molar-refractivity contribution in [3.63, 3.8) is 0 Å². The van der Waals surface area contributed by atoms with Crippen LogP contribution in [0.1, 0.15) is 0 Å². The second kappa shape index (κ2) is 30.3. The number of hydrogen-bond donors (Lipinski definition) is 0. The summed E-state index contributed by atoms with van der Waals surface area (Å²) in [5.74, 6) is 3.83. The number of hydrogen-bond acceptors (Lipinski definition) is 8. The number of aromatic nitrogens is 8. The molecule has 0 bridgehead atoms. The molecule has 8 nitrogen and oxygen atoms in total. The summed E-state index contributed by atoms with van der Waals surface area (Å²) in [5.41, 5.74) is 25.0. The number of pyridine rings is 2. The van der Waals surface area contributed by atoms with E-state index < -0.39 is 0 Å². The summed E-state index contributed by atoms with van der Waals surface area (Å²) < 4.78 is 0. The summed E-state index contributed by atoms with van der Waals surface area (Å²) in [7, 11) is 0. The number of benzene rings is 16. The van der Waals surface area contributed by atoms with E-state index in [1.807, 2.05) is 91.4 Å². The van der Waals surface area contributed by atoms with Crippen molar-refractivity contribution in [2.45, 2.75) is 0 Å². The van der Waals surface area contributed by atoms with E-state index in [-0.39, 0.29) is 0 Å². The van der Waals surface area contributed by atoms with E-state index in [9.17, 15) is 0 Å². The lowest BCUT2D eigenvalue weighted by Crippen LogP contribution is -2.00. The zero-order valence-corrected chi connectivity index (χ0v) is 60.8. The van der Waals surface area contributed by atoms with Gasteiger partial charge in [-0.15, -0.1) is 0 Å². The molecule has 4 heterocycles. The smallest absolute Gasteiger partial charge is 0.164 e. The van der Waals surface area contributed by atoms with Crippen LogP contribution in [-0.2, 0) is 0 Å². The summed E-state index contributed by atoms with van der Waals surface area (Å²) in [4.78, 5) is 39.1. The molecule has 16 aromatic carbocycles. The predicted molar refractivity (Wildman–Crippen MR) is 461 cm³/mol. The molecule has 0 unspecified atom stereocenters. The van der Waals surface area contributed by atoms with Crippen molar-refractivity contribution < 1.29 is 0 Å². The molecular weight excluding hydrogens is 1360 g/mol. The van der Waals surface area contributed by atoms with E-state index in [0.717, 1.165) is 105 Å². The molecule has 112 heavy (non-hydrogen) atoms. The second-order valence-electron chi connectivity index (χ2n) is 27.9. The van der Waals surface area contributed by atoms with Gasteiger partial charge in [-0.2, -0.15) is 0 Å². The Kier molecular flexibility index (Phi) is 18.2. The first-order valence-electron chi connectivity index (χ1n) is 37.6. The Bertz CT molecular complexity index is 6400. The van der Waals surface area contributed by atoms with Gasteiger partial charge in [0.15, 0.2) is 34.9 Å². The highest BCUT2D eigenvalue weighted by molar-refractivity contribution is 6.09. The quantitative estimate of drug-likeness (QED) is 0.0992. The lowest BCUT2D eigenvalue weighted by Gasteiger charge is -2.11. The molecule has 0 amide bonds. The van der Waals surface area contributed by atoms with Crippen LogP contribution in [0.3, 0.4) is 0 Å². The van der Waals surface area contributed by atoms with Gasteiger partial charge in [-0.05, 0) is 153 Å². The standard InChI is InChI=1S/2C52H34N4/c1-3-9-35(10-4-1)36-21-24-41(25-22-36)51-54-50(40-11-5-2-6-12-40)55-52(56-51)47-16-8-14-43(33-47)38-19-17-37(18-20-38)42-13-7-15-44(31-42)45-27-28-48-46(32-45)26-23-39-29-30-53-34-49(39)48;1-3-11-35(12-4-1)36-25-27-40(28-26-36)51-54-50(39-13-5-2-6-14-39)55-52(56-51)45-19-10-17-42(32-45)38-23-21-37(22-24-38)41-16-9-18-43(31-41)44-29-30-48-47-20-8-7-15-46(47)34-53-49(48)33-44/h2*1-34H. The van der Waals surface area contributed by atoms with Crippen LogP contribution in [0.15, 0.2) is 413 Å².